The second kappa shape index (κ2) is 7.30. The molecule has 0 amide bonds. The van der Waals surface area contributed by atoms with E-state index in [9.17, 15) is 10.1 Å². The van der Waals surface area contributed by atoms with Gasteiger partial charge in [-0.25, -0.2) is 9.97 Å². The summed E-state index contributed by atoms with van der Waals surface area (Å²) < 4.78 is 17.1. The van der Waals surface area contributed by atoms with Gasteiger partial charge in [0.2, 0.25) is 11.8 Å². The number of aromatic nitrogens is 4. The molecule has 3 aromatic rings. The van der Waals surface area contributed by atoms with Crippen molar-refractivity contribution in [2.24, 2.45) is 0 Å². The summed E-state index contributed by atoms with van der Waals surface area (Å²) in [5.41, 5.74) is 0.579. The van der Waals surface area contributed by atoms with Crippen LogP contribution in [0.15, 0.2) is 42.7 Å². The van der Waals surface area contributed by atoms with Gasteiger partial charge in [-0.1, -0.05) is 37.2 Å². The Bertz CT molecular complexity index is 979. The Kier molecular flexibility index (Phi) is 4.21. The number of nitrogens with zero attached hydrogens (tertiary/aromatic N) is 6. The quantitative estimate of drug-likeness (QED) is 0.498. The lowest BCUT2D eigenvalue weighted by atomic mass is 10.2. The molecule has 1 unspecified atom stereocenters. The fourth-order valence-corrected chi connectivity index (χ4v) is 2.63. The summed E-state index contributed by atoms with van der Waals surface area (Å²) in [6.07, 6.45) is 1.95. The van der Waals surface area contributed by atoms with E-state index in [-0.39, 0.29) is 30.0 Å². The van der Waals surface area contributed by atoms with E-state index in [2.05, 4.69) is 15.0 Å². The number of nitro groups is 1. The molecule has 8 heteroatoms. The molecule has 0 saturated carbocycles. The lowest BCUT2D eigenvalue weighted by Gasteiger charge is -2.19. The fraction of sp³-hybridized carbons (Fsp3) is 0.278. The van der Waals surface area contributed by atoms with Crippen molar-refractivity contribution < 1.29 is 7.66 Å². The number of anilines is 1. The Hall–Kier alpha value is -3.29. The second-order valence-electron chi connectivity index (χ2n) is 5.73. The highest BCUT2D eigenvalue weighted by Crippen LogP contribution is 2.28. The molecule has 0 bridgehead atoms. The Morgan fingerprint density at radius 2 is 2.12 bits per heavy atom. The predicted octanol–water partition coefficient (Wildman–Crippen LogP) is 3.08. The molecule has 8 nitrogen and oxygen atoms in total. The SMILES string of the molecule is [3H]CC([3H])c1nc(N(C)Cc2ccccc2)nc(-n2ccnc2C)c1[N+](=O)[O-]. The second-order valence-corrected chi connectivity index (χ2v) is 5.73. The third-order valence-electron chi connectivity index (χ3n) is 3.91. The highest BCUT2D eigenvalue weighted by molar-refractivity contribution is 5.55. The summed E-state index contributed by atoms with van der Waals surface area (Å²) in [5, 5.41) is 11.8. The van der Waals surface area contributed by atoms with Gasteiger partial charge in [0, 0.05) is 28.7 Å². The van der Waals surface area contributed by atoms with E-state index in [0.29, 0.717) is 12.4 Å². The summed E-state index contributed by atoms with van der Waals surface area (Å²) in [4.78, 5) is 25.8. The number of hydrogen-bond donors (Lipinski definition) is 0. The summed E-state index contributed by atoms with van der Waals surface area (Å²) >= 11 is 0. The Labute approximate surface area is 154 Å². The van der Waals surface area contributed by atoms with Gasteiger partial charge in [-0.2, -0.15) is 4.98 Å². The minimum Gasteiger partial charge on any atom is -0.339 e. The van der Waals surface area contributed by atoms with E-state index < -0.39 is 11.3 Å². The van der Waals surface area contributed by atoms with Crippen LogP contribution in [-0.2, 0) is 12.9 Å². The van der Waals surface area contributed by atoms with Crippen molar-refractivity contribution >= 4 is 11.6 Å². The van der Waals surface area contributed by atoms with Gasteiger partial charge >= 0.3 is 5.69 Å². The van der Waals surface area contributed by atoms with Crippen LogP contribution < -0.4 is 4.90 Å². The van der Waals surface area contributed by atoms with E-state index in [1.807, 2.05) is 30.3 Å². The molecule has 0 aliphatic heterocycles. The first-order chi connectivity index (χ1) is 13.4. The van der Waals surface area contributed by atoms with Crippen LogP contribution in [0.1, 0.15) is 26.7 Å². The third kappa shape index (κ3) is 3.39. The summed E-state index contributed by atoms with van der Waals surface area (Å²) in [7, 11) is 1.78. The largest absolute Gasteiger partial charge is 0.339 e. The molecular weight excluding hydrogens is 332 g/mol. The van der Waals surface area contributed by atoms with Crippen LogP contribution in [0.3, 0.4) is 0 Å². The molecule has 0 fully saturated rings. The van der Waals surface area contributed by atoms with E-state index in [1.54, 1.807) is 25.1 Å². The number of rotatable bonds is 6. The zero-order chi connectivity index (χ0) is 20.3. The van der Waals surface area contributed by atoms with Gasteiger partial charge in [-0.3, -0.25) is 14.7 Å². The minimum atomic E-state index is -1.16. The van der Waals surface area contributed by atoms with Gasteiger partial charge in [0.25, 0.3) is 0 Å². The van der Waals surface area contributed by atoms with Gasteiger partial charge < -0.3 is 4.90 Å². The van der Waals surface area contributed by atoms with E-state index in [0.717, 1.165) is 5.56 Å². The fourth-order valence-electron chi connectivity index (χ4n) is 2.63. The molecule has 1 aromatic carbocycles. The average Bonchev–Trinajstić information content (AvgIpc) is 3.12. The first-order valence-corrected chi connectivity index (χ1v) is 7.95. The Balaban J connectivity index is 2.16. The minimum absolute atomic E-state index is 0.0469. The van der Waals surface area contributed by atoms with Crippen LogP contribution in [-0.4, -0.2) is 31.5 Å². The maximum atomic E-state index is 11.8. The molecular formula is C18H20N6O2. The highest BCUT2D eigenvalue weighted by Gasteiger charge is 2.26. The molecule has 2 aromatic heterocycles. The van der Waals surface area contributed by atoms with Crippen LogP contribution in [0.2, 0.25) is 0 Å². The molecule has 3 rings (SSSR count). The number of aryl methyl sites for hydroxylation is 2. The monoisotopic (exact) mass is 356 g/mol. The van der Waals surface area contributed by atoms with Crippen LogP contribution in [0.4, 0.5) is 11.6 Å². The maximum absolute atomic E-state index is 11.8. The molecule has 26 heavy (non-hydrogen) atoms. The van der Waals surface area contributed by atoms with Crippen molar-refractivity contribution in [2.75, 3.05) is 11.9 Å². The van der Waals surface area contributed by atoms with Crippen LogP contribution in [0, 0.1) is 17.0 Å². The van der Waals surface area contributed by atoms with Crippen LogP contribution in [0.25, 0.3) is 5.82 Å². The summed E-state index contributed by atoms with van der Waals surface area (Å²) in [6, 6.07) is 9.68. The number of hydrogen-bond acceptors (Lipinski definition) is 6. The van der Waals surface area contributed by atoms with Crippen molar-refractivity contribution in [1.82, 2.24) is 19.5 Å². The Morgan fingerprint density at radius 3 is 2.73 bits per heavy atom. The van der Waals surface area contributed by atoms with Crippen molar-refractivity contribution in [1.29, 1.82) is 0 Å². The van der Waals surface area contributed by atoms with Gasteiger partial charge in [0.05, 0.1) is 4.92 Å². The summed E-state index contributed by atoms with van der Waals surface area (Å²) in [6.45, 7) is 1.85. The van der Waals surface area contributed by atoms with Crippen LogP contribution >= 0.6 is 0 Å². The van der Waals surface area contributed by atoms with E-state index >= 15 is 0 Å². The Morgan fingerprint density at radius 1 is 1.35 bits per heavy atom. The van der Waals surface area contributed by atoms with Crippen molar-refractivity contribution in [3.8, 4) is 5.82 Å². The predicted molar refractivity (Wildman–Crippen MR) is 98.5 cm³/mol. The van der Waals surface area contributed by atoms with Gasteiger partial charge in [-0.15, -0.1) is 0 Å². The molecule has 0 aliphatic carbocycles. The molecule has 1 atom stereocenters. The van der Waals surface area contributed by atoms with Crippen molar-refractivity contribution in [2.45, 2.75) is 26.8 Å². The van der Waals surface area contributed by atoms with E-state index in [4.69, 9.17) is 2.74 Å². The van der Waals surface area contributed by atoms with Gasteiger partial charge in [0.15, 0.2) is 0 Å². The van der Waals surface area contributed by atoms with E-state index in [1.165, 1.54) is 10.8 Å². The zero-order valence-electron chi connectivity index (χ0n) is 16.5. The number of benzene rings is 1. The molecule has 0 aliphatic rings. The zero-order valence-corrected chi connectivity index (χ0v) is 14.5. The smallest absolute Gasteiger partial charge is 0.333 e. The highest BCUT2D eigenvalue weighted by atomic mass is 16.6. The van der Waals surface area contributed by atoms with Crippen LogP contribution in [0.5, 0.6) is 0 Å². The molecule has 0 radical (unpaired) electrons. The van der Waals surface area contributed by atoms with Crippen molar-refractivity contribution in [3.05, 3.63) is 69.9 Å². The molecule has 2 heterocycles. The molecule has 134 valence electrons. The number of imidazole rings is 1. The lowest BCUT2D eigenvalue weighted by molar-refractivity contribution is -0.385. The van der Waals surface area contributed by atoms with Gasteiger partial charge in [0.1, 0.15) is 11.5 Å². The third-order valence-corrected chi connectivity index (χ3v) is 3.91. The van der Waals surface area contributed by atoms with Gasteiger partial charge in [-0.05, 0) is 18.9 Å². The lowest BCUT2D eigenvalue weighted by Crippen LogP contribution is -2.21. The first kappa shape index (κ1) is 15.0. The normalized spacial score (nSPS) is 13.0. The topological polar surface area (TPSA) is 90.0 Å². The average molecular weight is 356 g/mol. The summed E-state index contributed by atoms with van der Waals surface area (Å²) in [5.74, 6) is 0.820. The molecule has 0 spiro atoms. The maximum Gasteiger partial charge on any atom is 0.333 e. The first-order valence-electron chi connectivity index (χ1n) is 9.24. The molecule has 0 saturated heterocycles. The molecule has 0 N–H and O–H groups in total. The standard InChI is InChI=1S/C18H20N6O2/c1-4-15-16(24(25)26)17(23-11-10-19-13(23)2)21-18(20-15)22(3)12-14-8-6-5-7-9-14/h5-11H,4,12H2,1-3H3/i1T,4T. The van der Waals surface area contributed by atoms with Crippen molar-refractivity contribution in [3.63, 3.8) is 0 Å².